The maximum atomic E-state index is 13.0. The largest absolute Gasteiger partial charge is 0.351 e. The van der Waals surface area contributed by atoms with Crippen LogP contribution in [0.1, 0.15) is 58.4 Å². The minimum absolute atomic E-state index is 0.0673. The molecule has 0 atom stereocenters. The molecule has 0 bridgehead atoms. The van der Waals surface area contributed by atoms with Crippen molar-refractivity contribution in [2.24, 2.45) is 5.41 Å². The van der Waals surface area contributed by atoms with Crippen molar-refractivity contribution in [2.75, 3.05) is 5.32 Å². The molecular weight excluding hydrogens is 324 g/mol. The van der Waals surface area contributed by atoms with Crippen LogP contribution in [0.4, 0.5) is 5.69 Å². The maximum absolute atomic E-state index is 13.0. The van der Waals surface area contributed by atoms with Gasteiger partial charge in [0.15, 0.2) is 0 Å². The Hall–Kier alpha value is -1.55. The van der Waals surface area contributed by atoms with Crippen LogP contribution in [0.25, 0.3) is 0 Å². The van der Waals surface area contributed by atoms with E-state index < -0.39 is 5.41 Å². The summed E-state index contributed by atoms with van der Waals surface area (Å²) in [6.45, 7) is 7.77. The quantitative estimate of drug-likeness (QED) is 0.842. The topological polar surface area (TPSA) is 58.2 Å². The van der Waals surface area contributed by atoms with Gasteiger partial charge in [-0.2, -0.15) is 0 Å². The molecule has 132 valence electrons. The van der Waals surface area contributed by atoms with Crippen molar-refractivity contribution in [1.29, 1.82) is 0 Å². The Morgan fingerprint density at radius 3 is 2.42 bits per heavy atom. The number of hydrogen-bond acceptors (Lipinski definition) is 2. The number of aryl methyl sites for hydroxylation is 1. The molecule has 4 nitrogen and oxygen atoms in total. The normalized spacial score (nSPS) is 16.7. The fraction of sp³-hybridized carbons (Fsp3) is 0.579. The van der Waals surface area contributed by atoms with Gasteiger partial charge in [-0.25, -0.2) is 0 Å². The lowest BCUT2D eigenvalue weighted by Crippen LogP contribution is -2.45. The zero-order chi connectivity index (χ0) is 18.0. The second-order valence-electron chi connectivity index (χ2n) is 7.88. The first-order valence-electron chi connectivity index (χ1n) is 8.50. The molecule has 2 amide bonds. The van der Waals surface area contributed by atoms with Gasteiger partial charge in [-0.1, -0.05) is 30.5 Å². The first-order chi connectivity index (χ1) is 11.1. The van der Waals surface area contributed by atoms with Gasteiger partial charge in [-0.05, 0) is 58.2 Å². The summed E-state index contributed by atoms with van der Waals surface area (Å²) in [4.78, 5) is 25.4. The third-order valence-electron chi connectivity index (χ3n) is 4.50. The number of carbonyl (C=O) groups is 2. The molecule has 0 unspecified atom stereocenters. The summed E-state index contributed by atoms with van der Waals surface area (Å²) in [5.74, 6) is -0.142. The fourth-order valence-corrected chi connectivity index (χ4v) is 3.46. The molecule has 0 heterocycles. The van der Waals surface area contributed by atoms with Gasteiger partial charge >= 0.3 is 0 Å². The van der Waals surface area contributed by atoms with Crippen molar-refractivity contribution in [2.45, 2.75) is 65.3 Å². The van der Waals surface area contributed by atoms with Gasteiger partial charge in [0.2, 0.25) is 11.8 Å². The van der Waals surface area contributed by atoms with Crippen LogP contribution in [0, 0.1) is 12.3 Å². The lowest BCUT2D eigenvalue weighted by Gasteiger charge is -2.29. The first kappa shape index (κ1) is 18.8. The highest BCUT2D eigenvalue weighted by molar-refractivity contribution is 6.31. The van der Waals surface area contributed by atoms with E-state index >= 15 is 0 Å². The van der Waals surface area contributed by atoms with E-state index in [0.717, 1.165) is 36.9 Å². The van der Waals surface area contributed by atoms with E-state index in [1.54, 1.807) is 12.1 Å². The van der Waals surface area contributed by atoms with Gasteiger partial charge < -0.3 is 10.6 Å². The molecule has 1 fully saturated rings. The molecule has 0 spiro atoms. The summed E-state index contributed by atoms with van der Waals surface area (Å²) >= 11 is 6.04. The number of benzene rings is 1. The Morgan fingerprint density at radius 2 is 1.83 bits per heavy atom. The standard InChI is InChI=1S/C19H27ClN2O2/c1-13-7-8-14(20)11-15(13)21-17(24)19(9-5-6-10-19)12-16(23)22-18(2,3)4/h7-8,11H,5-6,9-10,12H2,1-4H3,(H,21,24)(H,22,23). The van der Waals surface area contributed by atoms with Gasteiger partial charge in [-0.3, -0.25) is 9.59 Å². The number of amides is 2. The van der Waals surface area contributed by atoms with Crippen molar-refractivity contribution in [3.05, 3.63) is 28.8 Å². The molecular formula is C19H27ClN2O2. The number of anilines is 1. The van der Waals surface area contributed by atoms with E-state index in [4.69, 9.17) is 11.6 Å². The highest BCUT2D eigenvalue weighted by Crippen LogP contribution is 2.42. The Balaban J connectivity index is 2.15. The Morgan fingerprint density at radius 1 is 1.21 bits per heavy atom. The summed E-state index contributed by atoms with van der Waals surface area (Å²) in [7, 11) is 0. The minimum Gasteiger partial charge on any atom is -0.351 e. The molecule has 2 rings (SSSR count). The summed E-state index contributed by atoms with van der Waals surface area (Å²) < 4.78 is 0. The molecule has 0 radical (unpaired) electrons. The number of hydrogen-bond donors (Lipinski definition) is 2. The molecule has 0 aromatic heterocycles. The van der Waals surface area contributed by atoms with Crippen LogP contribution >= 0.6 is 11.6 Å². The van der Waals surface area contributed by atoms with Crippen molar-refractivity contribution in [1.82, 2.24) is 5.32 Å². The number of carbonyl (C=O) groups excluding carboxylic acids is 2. The van der Waals surface area contributed by atoms with Crippen LogP contribution in [0.5, 0.6) is 0 Å². The summed E-state index contributed by atoms with van der Waals surface area (Å²) in [5, 5.41) is 6.55. The molecule has 1 aromatic rings. The molecule has 0 aliphatic heterocycles. The monoisotopic (exact) mass is 350 g/mol. The lowest BCUT2D eigenvalue weighted by molar-refractivity contribution is -0.133. The third kappa shape index (κ3) is 4.73. The first-order valence-corrected chi connectivity index (χ1v) is 8.88. The van der Waals surface area contributed by atoms with Crippen LogP contribution in [0.2, 0.25) is 5.02 Å². The van der Waals surface area contributed by atoms with E-state index in [-0.39, 0.29) is 23.8 Å². The molecule has 1 saturated carbocycles. The number of rotatable bonds is 4. The average molecular weight is 351 g/mol. The smallest absolute Gasteiger partial charge is 0.231 e. The highest BCUT2D eigenvalue weighted by atomic mass is 35.5. The molecule has 5 heteroatoms. The van der Waals surface area contributed by atoms with Crippen LogP contribution in [-0.2, 0) is 9.59 Å². The van der Waals surface area contributed by atoms with Crippen LogP contribution in [0.3, 0.4) is 0 Å². The van der Waals surface area contributed by atoms with Crippen LogP contribution in [0.15, 0.2) is 18.2 Å². The van der Waals surface area contributed by atoms with E-state index in [9.17, 15) is 9.59 Å². The summed E-state index contributed by atoms with van der Waals surface area (Å²) in [6.07, 6.45) is 3.68. The summed E-state index contributed by atoms with van der Waals surface area (Å²) in [5.41, 5.74) is 0.760. The van der Waals surface area contributed by atoms with Crippen molar-refractivity contribution < 1.29 is 9.59 Å². The second-order valence-corrected chi connectivity index (χ2v) is 8.31. The number of nitrogens with one attached hydrogen (secondary N) is 2. The van der Waals surface area contributed by atoms with Crippen LogP contribution in [-0.4, -0.2) is 17.4 Å². The molecule has 1 aliphatic rings. The molecule has 24 heavy (non-hydrogen) atoms. The van der Waals surface area contributed by atoms with Gasteiger partial charge in [0.05, 0.1) is 5.41 Å². The summed E-state index contributed by atoms with van der Waals surface area (Å²) in [6, 6.07) is 5.44. The van der Waals surface area contributed by atoms with Crippen molar-refractivity contribution in [3.63, 3.8) is 0 Å². The Bertz CT molecular complexity index is 629. The van der Waals surface area contributed by atoms with E-state index in [0.29, 0.717) is 5.02 Å². The van der Waals surface area contributed by atoms with E-state index in [1.807, 2.05) is 33.8 Å². The lowest BCUT2D eigenvalue weighted by atomic mass is 9.81. The molecule has 1 aliphatic carbocycles. The highest BCUT2D eigenvalue weighted by Gasteiger charge is 2.43. The van der Waals surface area contributed by atoms with Gasteiger partial charge in [0.25, 0.3) is 0 Å². The maximum Gasteiger partial charge on any atom is 0.231 e. The van der Waals surface area contributed by atoms with Crippen molar-refractivity contribution >= 4 is 29.1 Å². The van der Waals surface area contributed by atoms with Gasteiger partial charge in [0, 0.05) is 22.7 Å². The average Bonchev–Trinajstić information content (AvgIpc) is 2.90. The van der Waals surface area contributed by atoms with E-state index in [1.165, 1.54) is 0 Å². The predicted molar refractivity (Wildman–Crippen MR) is 98.2 cm³/mol. The molecule has 2 N–H and O–H groups in total. The zero-order valence-corrected chi connectivity index (χ0v) is 15.7. The van der Waals surface area contributed by atoms with Crippen molar-refractivity contribution in [3.8, 4) is 0 Å². The fourth-order valence-electron chi connectivity index (χ4n) is 3.29. The van der Waals surface area contributed by atoms with Gasteiger partial charge in [-0.15, -0.1) is 0 Å². The Labute approximate surface area is 149 Å². The predicted octanol–water partition coefficient (Wildman–Crippen LogP) is 4.45. The van der Waals surface area contributed by atoms with E-state index in [2.05, 4.69) is 10.6 Å². The van der Waals surface area contributed by atoms with Gasteiger partial charge in [0.1, 0.15) is 0 Å². The molecule has 1 aromatic carbocycles. The third-order valence-corrected chi connectivity index (χ3v) is 4.74. The zero-order valence-electron chi connectivity index (χ0n) is 15.0. The Kier molecular flexibility index (Phi) is 5.59. The van der Waals surface area contributed by atoms with Crippen LogP contribution < -0.4 is 10.6 Å². The second kappa shape index (κ2) is 7.14. The minimum atomic E-state index is -0.621. The SMILES string of the molecule is Cc1ccc(Cl)cc1NC(=O)C1(CC(=O)NC(C)(C)C)CCCC1. The number of halogens is 1. The molecule has 0 saturated heterocycles.